The van der Waals surface area contributed by atoms with Gasteiger partial charge in [-0.2, -0.15) is 0 Å². The molecule has 0 unspecified atom stereocenters. The molecule has 72 valence electrons. The summed E-state index contributed by atoms with van der Waals surface area (Å²) in [7, 11) is 0. The Labute approximate surface area is 182 Å². The van der Waals surface area contributed by atoms with Crippen molar-refractivity contribution in [3.63, 3.8) is 0 Å². The summed E-state index contributed by atoms with van der Waals surface area (Å²) in [4.78, 5) is 0. The Balaban J connectivity index is -0.0000000184. The molecule has 0 aromatic carbocycles. The van der Waals surface area contributed by atoms with Crippen LogP contribution in [-0.2, 0) is 75.9 Å². The predicted molar refractivity (Wildman–Crippen MR) is 4.12 cm³/mol. The summed E-state index contributed by atoms with van der Waals surface area (Å²) in [5.74, 6) is 0. The Hall–Kier alpha value is 4.13. The van der Waals surface area contributed by atoms with Crippen molar-refractivity contribution in [2.75, 3.05) is 0 Å². The van der Waals surface area contributed by atoms with Gasteiger partial charge in [-0.1, -0.05) is 0 Å². The molecular weight excluding hydrogens is 492 g/mol. The average molecular weight is 492 g/mol. The maximum absolute atomic E-state index is 8.60. The normalized spacial score (nSPS) is 5.00. The summed E-state index contributed by atoms with van der Waals surface area (Å²) in [6.07, 6.45) is 0. The Morgan fingerprint density at radius 2 is 0.600 bits per heavy atom. The second-order valence-corrected chi connectivity index (χ2v) is 3.97. The van der Waals surface area contributed by atoms with Crippen LogP contribution >= 0.6 is 0 Å². The first kappa shape index (κ1) is 36.5. The van der Waals surface area contributed by atoms with Gasteiger partial charge in [-0.25, -0.2) is 0 Å². The fourth-order valence-electron chi connectivity index (χ4n) is 0. The molecule has 9 nitrogen and oxygen atoms in total. The molecule has 0 aliphatic heterocycles. The van der Waals surface area contributed by atoms with Crippen LogP contribution in [0.5, 0.6) is 0 Å². The Kier molecular flexibility index (Phi) is 75.0. The number of hydrogen-bond donors (Lipinski definition) is 0. The molecule has 0 aliphatic rings. The van der Waals surface area contributed by atoms with E-state index in [1.54, 1.807) is 0 Å². The summed E-state index contributed by atoms with van der Waals surface area (Å²) in [5.41, 5.74) is 0. The van der Waals surface area contributed by atoms with Crippen LogP contribution in [0.15, 0.2) is 0 Å². The molecule has 0 N–H and O–H groups in total. The van der Waals surface area contributed by atoms with Gasteiger partial charge in [-0.3, -0.25) is 0 Å². The van der Waals surface area contributed by atoms with Crippen molar-refractivity contribution in [3.8, 4) is 0 Å². The third-order valence-corrected chi connectivity index (χ3v) is 0. The minimum absolute atomic E-state index is 0. The topological polar surface area (TPSA) is 172 Å². The summed E-state index contributed by atoms with van der Waals surface area (Å²) in [5, 5.41) is 0. The second-order valence-electron chi connectivity index (χ2n) is 0.671. The molecule has 0 spiro atoms. The van der Waals surface area contributed by atoms with E-state index in [1.165, 1.54) is 0 Å². The van der Waals surface area contributed by atoms with E-state index in [2.05, 4.69) is 0 Å². The SMILES string of the molecule is [K+].[Li+].[Na+].[O]=[Nb](=[O])[O-].[O]=[Nb](=[O])[O-].[O]=[Nb](=[O])[O-]. The van der Waals surface area contributed by atoms with E-state index < -0.39 is 56.4 Å². The van der Waals surface area contributed by atoms with Crippen LogP contribution in [0.4, 0.5) is 0 Å². The first-order chi connectivity index (χ1) is 5.20. The van der Waals surface area contributed by atoms with Crippen LogP contribution in [0, 0.1) is 0 Å². The van der Waals surface area contributed by atoms with Gasteiger partial charge in [0, 0.05) is 0 Å². The van der Waals surface area contributed by atoms with Crippen LogP contribution < -0.4 is 111 Å². The molecule has 15 heavy (non-hydrogen) atoms. The molecule has 0 bridgehead atoms. The summed E-state index contributed by atoms with van der Waals surface area (Å²) in [6, 6.07) is 0. The molecule has 0 radical (unpaired) electrons. The zero-order chi connectivity index (χ0) is 10.7. The van der Waals surface area contributed by atoms with Crippen LogP contribution in [0.1, 0.15) is 0 Å². The van der Waals surface area contributed by atoms with Crippen LogP contribution in [0.3, 0.4) is 0 Å². The molecule has 0 amide bonds. The molecule has 0 aromatic rings. The fourth-order valence-corrected chi connectivity index (χ4v) is 0. The van der Waals surface area contributed by atoms with Crippen LogP contribution in [0.2, 0.25) is 0 Å². The number of hydrogen-bond acceptors (Lipinski definition) is 9. The van der Waals surface area contributed by atoms with E-state index in [4.69, 9.17) is 30.3 Å². The van der Waals surface area contributed by atoms with Crippen molar-refractivity contribution in [1.29, 1.82) is 0 Å². The summed E-state index contributed by atoms with van der Waals surface area (Å²) >= 11 is -12.6. The first-order valence-electron chi connectivity index (χ1n) is 1.64. The third kappa shape index (κ3) is 276. The zero-order valence-electron chi connectivity index (χ0n) is 8.02. The van der Waals surface area contributed by atoms with Crippen LogP contribution in [-0.4, -0.2) is 0 Å². The first-order valence-corrected chi connectivity index (χ1v) is 9.72. The molecule has 0 aliphatic carbocycles. The van der Waals surface area contributed by atoms with Gasteiger partial charge in [0.1, 0.15) is 0 Å². The van der Waals surface area contributed by atoms with E-state index in [9.17, 15) is 0 Å². The van der Waals surface area contributed by atoms with E-state index in [-0.39, 0.29) is 99.8 Å². The van der Waals surface area contributed by atoms with Gasteiger partial charge < -0.3 is 0 Å². The Morgan fingerprint density at radius 3 is 0.600 bits per heavy atom. The van der Waals surface area contributed by atoms with Crippen molar-refractivity contribution in [2.24, 2.45) is 0 Å². The second kappa shape index (κ2) is 30.9. The van der Waals surface area contributed by atoms with Gasteiger partial charge in [-0.05, 0) is 0 Å². The molecule has 0 saturated heterocycles. The Bertz CT molecular complexity index is 218. The third-order valence-electron chi connectivity index (χ3n) is 0. The summed E-state index contributed by atoms with van der Waals surface area (Å²) in [6.45, 7) is 0. The van der Waals surface area contributed by atoms with Gasteiger partial charge in [0.25, 0.3) is 0 Å². The van der Waals surface area contributed by atoms with Crippen molar-refractivity contribution in [3.05, 3.63) is 0 Å². The Morgan fingerprint density at radius 1 is 0.600 bits per heavy atom. The number of rotatable bonds is 0. The molecule has 0 atom stereocenters. The van der Waals surface area contributed by atoms with Crippen molar-refractivity contribution >= 4 is 0 Å². The molecule has 0 saturated carbocycles. The molecule has 0 aromatic heterocycles. The van der Waals surface area contributed by atoms with E-state index >= 15 is 0 Å². The molecular formula is KLiNaNb3O9. The van der Waals surface area contributed by atoms with Gasteiger partial charge in [-0.15, -0.1) is 0 Å². The van der Waals surface area contributed by atoms with Crippen LogP contribution in [0.25, 0.3) is 0 Å². The van der Waals surface area contributed by atoms with E-state index in [0.29, 0.717) is 0 Å². The maximum atomic E-state index is 8.60. The summed E-state index contributed by atoms with van der Waals surface area (Å²) < 4.78 is 77.4. The van der Waals surface area contributed by atoms with Crippen molar-refractivity contribution < 1.29 is 187 Å². The van der Waals surface area contributed by atoms with Crippen molar-refractivity contribution in [1.82, 2.24) is 0 Å². The molecule has 0 heterocycles. The zero-order valence-corrected chi connectivity index (χ0v) is 19.7. The standard InChI is InChI=1S/K.Li.Na.3Nb.9O/q3*+1;;;;;;;;;;3*-1. The van der Waals surface area contributed by atoms with Gasteiger partial charge in [0.05, 0.1) is 0 Å². The molecule has 0 fully saturated rings. The van der Waals surface area contributed by atoms with Crippen molar-refractivity contribution in [2.45, 2.75) is 0 Å². The fraction of sp³-hybridized carbons (Fsp3) is 0. The van der Waals surface area contributed by atoms with Gasteiger partial charge >= 0.3 is 187 Å². The van der Waals surface area contributed by atoms with E-state index in [1.807, 2.05) is 0 Å². The average Bonchev–Trinajstić information content (AvgIpc) is 1.54. The minimum atomic E-state index is -4.20. The molecule has 15 heteroatoms. The molecule has 0 rings (SSSR count). The quantitative estimate of drug-likeness (QED) is 0.298. The monoisotopic (exact) mass is 492 g/mol. The van der Waals surface area contributed by atoms with Gasteiger partial charge in [0.2, 0.25) is 0 Å². The predicted octanol–water partition coefficient (Wildman–Crippen LogP) is -13.3. The van der Waals surface area contributed by atoms with Gasteiger partial charge in [0.15, 0.2) is 0 Å². The van der Waals surface area contributed by atoms with E-state index in [0.717, 1.165) is 0 Å².